The van der Waals surface area contributed by atoms with Crippen molar-refractivity contribution >= 4 is 6.16 Å². The molecule has 1 fully saturated rings. The zero-order valence-corrected chi connectivity index (χ0v) is 9.78. The van der Waals surface area contributed by atoms with Crippen LogP contribution in [-0.2, 0) is 0 Å². The minimum Gasteiger partial charge on any atom is -0.508 e. The highest BCUT2D eigenvalue weighted by atomic mass is 16.6. The second kappa shape index (κ2) is 6.83. The van der Waals surface area contributed by atoms with E-state index in [-0.39, 0.29) is 17.8 Å². The van der Waals surface area contributed by atoms with Crippen molar-refractivity contribution in [1.82, 2.24) is 5.32 Å². The van der Waals surface area contributed by atoms with Crippen molar-refractivity contribution < 1.29 is 25.2 Å². The topological polar surface area (TPSA) is 110 Å². The molecule has 18 heavy (non-hydrogen) atoms. The van der Waals surface area contributed by atoms with E-state index < -0.39 is 6.16 Å². The molecule has 1 aliphatic rings. The molecule has 0 aromatic heterocycles. The maximum atomic E-state index is 9.77. The fraction of sp³-hybridized carbons (Fsp3) is 0.417. The molecule has 1 aromatic carbocycles. The molecule has 1 aromatic rings. The Labute approximate surface area is 105 Å². The normalized spacial score (nSPS) is 22.7. The van der Waals surface area contributed by atoms with E-state index >= 15 is 0 Å². The monoisotopic (exact) mass is 255 g/mol. The largest absolute Gasteiger partial charge is 0.508 e. The molecule has 1 heterocycles. The van der Waals surface area contributed by atoms with Crippen LogP contribution < -0.4 is 5.32 Å². The minimum atomic E-state index is -1.83. The number of carboxylic acid groups (broad SMARTS) is 2. The molecular weight excluding hydrogens is 238 g/mol. The molecule has 0 aliphatic carbocycles. The summed E-state index contributed by atoms with van der Waals surface area (Å²) < 4.78 is 0. The summed E-state index contributed by atoms with van der Waals surface area (Å²) >= 11 is 0. The third-order valence-corrected chi connectivity index (χ3v) is 2.77. The third kappa shape index (κ3) is 4.60. The first-order valence-corrected chi connectivity index (χ1v) is 5.60. The standard InChI is InChI=1S/C11H15NO2.CH2O3/c13-9-3-1-8(2-4-9)10-5-6-12-7-11(10)14;2-1(3)4/h1-4,10-14H,5-7H2;(H2,2,3,4). The van der Waals surface area contributed by atoms with Gasteiger partial charge >= 0.3 is 6.16 Å². The quantitative estimate of drug-likeness (QED) is 0.513. The maximum Gasteiger partial charge on any atom is 0.503 e. The first-order chi connectivity index (χ1) is 8.50. The predicted octanol–water partition coefficient (Wildman–Crippen LogP) is 1.05. The molecule has 100 valence electrons. The van der Waals surface area contributed by atoms with Crippen LogP contribution in [0.25, 0.3) is 0 Å². The van der Waals surface area contributed by atoms with Gasteiger partial charge in [-0.05, 0) is 30.7 Å². The minimum absolute atomic E-state index is 0.205. The lowest BCUT2D eigenvalue weighted by atomic mass is 9.88. The second-order valence-electron chi connectivity index (χ2n) is 4.04. The smallest absolute Gasteiger partial charge is 0.503 e. The summed E-state index contributed by atoms with van der Waals surface area (Å²) in [6.07, 6.45) is -1.19. The van der Waals surface area contributed by atoms with Crippen LogP contribution in [0.4, 0.5) is 4.79 Å². The summed E-state index contributed by atoms with van der Waals surface area (Å²) in [5.74, 6) is 0.481. The van der Waals surface area contributed by atoms with Crippen LogP contribution in [0.5, 0.6) is 5.75 Å². The number of benzene rings is 1. The highest BCUT2D eigenvalue weighted by molar-refractivity contribution is 5.53. The number of nitrogens with one attached hydrogen (secondary N) is 1. The first-order valence-electron chi connectivity index (χ1n) is 5.60. The molecule has 1 aliphatic heterocycles. The van der Waals surface area contributed by atoms with E-state index in [1.54, 1.807) is 12.1 Å². The van der Waals surface area contributed by atoms with Gasteiger partial charge in [0.2, 0.25) is 0 Å². The van der Waals surface area contributed by atoms with Gasteiger partial charge in [-0.1, -0.05) is 12.1 Å². The van der Waals surface area contributed by atoms with Crippen molar-refractivity contribution in [1.29, 1.82) is 0 Å². The average molecular weight is 255 g/mol. The van der Waals surface area contributed by atoms with Gasteiger partial charge in [0.1, 0.15) is 5.75 Å². The molecule has 0 radical (unpaired) electrons. The molecule has 0 saturated carbocycles. The molecule has 6 heteroatoms. The number of rotatable bonds is 1. The second-order valence-corrected chi connectivity index (χ2v) is 4.04. The van der Waals surface area contributed by atoms with Crippen LogP contribution in [0.1, 0.15) is 17.9 Å². The van der Waals surface area contributed by atoms with Gasteiger partial charge in [0.25, 0.3) is 0 Å². The summed E-state index contributed by atoms with van der Waals surface area (Å²) in [5, 5.41) is 36.0. The van der Waals surface area contributed by atoms with Gasteiger partial charge in [-0.3, -0.25) is 0 Å². The maximum absolute atomic E-state index is 9.77. The fourth-order valence-electron chi connectivity index (χ4n) is 1.95. The molecule has 5 N–H and O–H groups in total. The van der Waals surface area contributed by atoms with E-state index in [4.69, 9.17) is 20.1 Å². The van der Waals surface area contributed by atoms with E-state index in [2.05, 4.69) is 5.32 Å². The molecular formula is C12H17NO5. The van der Waals surface area contributed by atoms with Gasteiger partial charge in [0, 0.05) is 12.5 Å². The van der Waals surface area contributed by atoms with Gasteiger partial charge in [-0.15, -0.1) is 0 Å². The molecule has 0 bridgehead atoms. The number of β-amino-alcohol motifs (C(OH)–C–C–N with tert-alkyl or cyclic N) is 1. The van der Waals surface area contributed by atoms with Crippen molar-refractivity contribution in [3.63, 3.8) is 0 Å². The summed E-state index contributed by atoms with van der Waals surface area (Å²) in [6.45, 7) is 1.61. The van der Waals surface area contributed by atoms with Crippen LogP contribution in [0.15, 0.2) is 24.3 Å². The Balaban J connectivity index is 0.000000357. The number of hydrogen-bond donors (Lipinski definition) is 5. The molecule has 0 spiro atoms. The van der Waals surface area contributed by atoms with Gasteiger partial charge in [0.05, 0.1) is 6.10 Å². The van der Waals surface area contributed by atoms with Crippen LogP contribution in [-0.4, -0.2) is 45.8 Å². The fourth-order valence-corrected chi connectivity index (χ4v) is 1.95. The number of phenols is 1. The van der Waals surface area contributed by atoms with Gasteiger partial charge in [0.15, 0.2) is 0 Å². The van der Waals surface area contributed by atoms with Crippen LogP contribution >= 0.6 is 0 Å². The molecule has 6 nitrogen and oxygen atoms in total. The number of piperidine rings is 1. The number of aliphatic hydroxyl groups is 1. The van der Waals surface area contributed by atoms with Gasteiger partial charge in [-0.25, -0.2) is 4.79 Å². The van der Waals surface area contributed by atoms with Crippen molar-refractivity contribution in [2.24, 2.45) is 0 Å². The lowest BCUT2D eigenvalue weighted by Gasteiger charge is -2.28. The SMILES string of the molecule is O=C(O)O.Oc1ccc(C2CCNCC2O)cc1. The van der Waals surface area contributed by atoms with Crippen molar-refractivity contribution in [2.75, 3.05) is 13.1 Å². The van der Waals surface area contributed by atoms with Gasteiger partial charge < -0.3 is 25.7 Å². The summed E-state index contributed by atoms with van der Waals surface area (Å²) in [4.78, 5) is 8.56. The lowest BCUT2D eigenvalue weighted by molar-refractivity contribution is 0.118. The Morgan fingerprint density at radius 3 is 2.28 bits per heavy atom. The average Bonchev–Trinajstić information content (AvgIpc) is 2.30. The van der Waals surface area contributed by atoms with E-state index in [1.807, 2.05) is 12.1 Å². The summed E-state index contributed by atoms with van der Waals surface area (Å²) in [6, 6.07) is 7.11. The van der Waals surface area contributed by atoms with Crippen LogP contribution in [0, 0.1) is 0 Å². The molecule has 2 rings (SSSR count). The van der Waals surface area contributed by atoms with E-state index in [1.165, 1.54) is 0 Å². The number of hydrogen-bond acceptors (Lipinski definition) is 4. The Morgan fingerprint density at radius 2 is 1.78 bits per heavy atom. The summed E-state index contributed by atoms with van der Waals surface area (Å²) in [5.41, 5.74) is 1.11. The third-order valence-electron chi connectivity index (χ3n) is 2.77. The van der Waals surface area contributed by atoms with E-state index in [0.717, 1.165) is 18.5 Å². The predicted molar refractivity (Wildman–Crippen MR) is 65.0 cm³/mol. The van der Waals surface area contributed by atoms with E-state index in [9.17, 15) is 5.11 Å². The lowest BCUT2D eigenvalue weighted by Crippen LogP contribution is -2.39. The Hall–Kier alpha value is -1.79. The van der Waals surface area contributed by atoms with Crippen molar-refractivity contribution in [3.05, 3.63) is 29.8 Å². The number of phenolic OH excluding ortho intramolecular Hbond substituents is 1. The van der Waals surface area contributed by atoms with Crippen molar-refractivity contribution in [3.8, 4) is 5.75 Å². The zero-order valence-electron chi connectivity index (χ0n) is 9.78. The molecule has 1 saturated heterocycles. The number of aliphatic hydroxyl groups excluding tert-OH is 1. The number of aromatic hydroxyl groups is 1. The molecule has 2 atom stereocenters. The molecule has 0 amide bonds. The van der Waals surface area contributed by atoms with Crippen molar-refractivity contribution in [2.45, 2.75) is 18.4 Å². The Bertz CT molecular complexity index is 375. The Morgan fingerprint density at radius 1 is 1.22 bits per heavy atom. The van der Waals surface area contributed by atoms with Crippen LogP contribution in [0.2, 0.25) is 0 Å². The first kappa shape index (κ1) is 14.3. The highest BCUT2D eigenvalue weighted by Gasteiger charge is 2.23. The zero-order chi connectivity index (χ0) is 13.5. The van der Waals surface area contributed by atoms with Gasteiger partial charge in [-0.2, -0.15) is 0 Å². The molecule has 2 unspecified atom stereocenters. The summed E-state index contributed by atoms with van der Waals surface area (Å²) in [7, 11) is 0. The Kier molecular flexibility index (Phi) is 5.41. The van der Waals surface area contributed by atoms with E-state index in [0.29, 0.717) is 6.54 Å². The number of carbonyl (C=O) groups is 1. The highest BCUT2D eigenvalue weighted by Crippen LogP contribution is 2.26. The van der Waals surface area contributed by atoms with Crippen LogP contribution in [0.3, 0.4) is 0 Å².